The van der Waals surface area contributed by atoms with E-state index in [1.54, 1.807) is 40.7 Å². The first-order valence-corrected chi connectivity index (χ1v) is 20.9. The van der Waals surface area contributed by atoms with Crippen LogP contribution in [0.5, 0.6) is 0 Å². The van der Waals surface area contributed by atoms with E-state index in [0.717, 1.165) is 70.0 Å². The average molecular weight is 816 g/mol. The van der Waals surface area contributed by atoms with Gasteiger partial charge < -0.3 is 25.5 Å². The van der Waals surface area contributed by atoms with Gasteiger partial charge in [-0.15, -0.1) is 0 Å². The van der Waals surface area contributed by atoms with Gasteiger partial charge in [-0.3, -0.25) is 24.6 Å². The number of hydrogen-bond acceptors (Lipinski definition) is 12. The maximum absolute atomic E-state index is 15.2. The highest BCUT2D eigenvalue weighted by molar-refractivity contribution is 6.01. The quantitative estimate of drug-likeness (QED) is 0.127. The normalized spacial score (nSPS) is 22.2. The van der Waals surface area contributed by atoms with Crippen LogP contribution in [-0.4, -0.2) is 98.0 Å². The Morgan fingerprint density at radius 3 is 2.45 bits per heavy atom. The number of aromatic nitrogens is 5. The molecule has 3 aromatic heterocycles. The predicted molar refractivity (Wildman–Crippen MR) is 228 cm³/mol. The van der Waals surface area contributed by atoms with Crippen molar-refractivity contribution < 1.29 is 19.1 Å². The standard InChI is InChI=1S/C44H50FN11O4/c1-44(60)18-3-2-4-19-55-42(59)33-27-46-43(51-40(33)56(55)38-7-5-6-37(44)49-38)48-30-8-11-32(12-9-30)53-20-16-29(17-21-53)28-52-22-24-54(25-23-52)36-14-10-31(26-34(36)45)47-35-13-15-39(57)50-41(35)58/h2,4-12,14,26-27,29,35,47,60H,3,13,15-25,28H2,1H3,(H,46,48,51)(H,50,57,58)/b4-2-. The summed E-state index contributed by atoms with van der Waals surface area (Å²) >= 11 is 0. The number of piperidine rings is 2. The number of nitrogens with one attached hydrogen (secondary N) is 3. The first kappa shape index (κ1) is 39.3. The van der Waals surface area contributed by atoms with Crippen molar-refractivity contribution in [1.29, 1.82) is 0 Å². The van der Waals surface area contributed by atoms with Crippen LogP contribution in [0.25, 0.3) is 16.9 Å². The number of fused-ring (bicyclic) bond motifs is 6. The minimum Gasteiger partial charge on any atom is -0.384 e. The Morgan fingerprint density at radius 1 is 0.900 bits per heavy atom. The lowest BCUT2D eigenvalue weighted by Gasteiger charge is -2.40. The van der Waals surface area contributed by atoms with Gasteiger partial charge in [0, 0.05) is 75.5 Å². The van der Waals surface area contributed by atoms with E-state index in [4.69, 9.17) is 9.97 Å². The van der Waals surface area contributed by atoms with Crippen LogP contribution in [-0.2, 0) is 21.7 Å². The fourth-order valence-electron chi connectivity index (χ4n) is 8.79. The number of imide groups is 1. The number of halogens is 1. The smallest absolute Gasteiger partial charge is 0.278 e. The van der Waals surface area contributed by atoms with Crippen LogP contribution < -0.4 is 31.3 Å². The van der Waals surface area contributed by atoms with E-state index in [2.05, 4.69) is 47.8 Å². The Kier molecular flexibility index (Phi) is 10.8. The molecule has 2 bridgehead atoms. The SMILES string of the molecule is CC1(O)CC/C=C\Cn2c(=O)c3cnc(Nc4ccc(N5CCC(CN6CCN(c7ccc(NC8CCC(=O)NC8=O)cc7F)CC6)CC5)cc4)nc3n2-c2cccc1n2. The maximum atomic E-state index is 15.2. The van der Waals surface area contributed by atoms with Gasteiger partial charge in [-0.05, 0) is 99.5 Å². The number of nitrogens with zero attached hydrogens (tertiary/aromatic N) is 8. The average Bonchev–Trinajstić information content (AvgIpc) is 3.52. The number of carbonyl (C=O) groups excluding carboxylic acids is 2. The molecule has 15 nitrogen and oxygen atoms in total. The summed E-state index contributed by atoms with van der Waals surface area (Å²) in [5, 5.41) is 20.2. The topological polar surface area (TPSA) is 166 Å². The number of rotatable bonds is 8. The van der Waals surface area contributed by atoms with Gasteiger partial charge in [-0.1, -0.05) is 18.2 Å². The zero-order chi connectivity index (χ0) is 41.4. The zero-order valence-corrected chi connectivity index (χ0v) is 33.7. The number of piperazine rings is 1. The molecule has 312 valence electrons. The summed E-state index contributed by atoms with van der Waals surface area (Å²) in [6, 6.07) is 18.2. The highest BCUT2D eigenvalue weighted by atomic mass is 19.1. The van der Waals surface area contributed by atoms with Crippen molar-refractivity contribution in [2.45, 2.75) is 63.6 Å². The van der Waals surface area contributed by atoms with Gasteiger partial charge >= 0.3 is 0 Å². The fraction of sp³-hybridized carbons (Fsp3) is 0.409. The third kappa shape index (κ3) is 8.21. The lowest BCUT2D eigenvalue weighted by atomic mass is 9.95. The molecule has 0 radical (unpaired) electrons. The highest BCUT2D eigenvalue weighted by Crippen LogP contribution is 2.30. The summed E-state index contributed by atoms with van der Waals surface area (Å²) < 4.78 is 18.5. The van der Waals surface area contributed by atoms with Crippen molar-refractivity contribution in [1.82, 2.24) is 34.5 Å². The van der Waals surface area contributed by atoms with E-state index in [0.29, 0.717) is 71.6 Å². The first-order chi connectivity index (χ1) is 29.1. The third-order valence-corrected chi connectivity index (χ3v) is 12.3. The molecule has 0 aliphatic carbocycles. The molecule has 2 atom stereocenters. The molecule has 16 heteroatoms. The van der Waals surface area contributed by atoms with Crippen molar-refractivity contribution in [3.8, 4) is 5.82 Å². The molecule has 0 spiro atoms. The Labute approximate surface area is 346 Å². The van der Waals surface area contributed by atoms with Crippen LogP contribution in [0, 0.1) is 11.7 Å². The van der Waals surface area contributed by atoms with Crippen LogP contribution in [0.1, 0.15) is 51.1 Å². The molecule has 60 heavy (non-hydrogen) atoms. The molecule has 9 rings (SSSR count). The van der Waals surface area contributed by atoms with Gasteiger partial charge in [-0.25, -0.2) is 23.7 Å². The van der Waals surface area contributed by atoms with Gasteiger partial charge in [0.1, 0.15) is 22.8 Å². The molecule has 2 unspecified atom stereocenters. The van der Waals surface area contributed by atoms with Crippen LogP contribution in [0.4, 0.5) is 33.1 Å². The molecule has 7 heterocycles. The van der Waals surface area contributed by atoms with Crippen LogP contribution >= 0.6 is 0 Å². The molecule has 0 saturated carbocycles. The monoisotopic (exact) mass is 815 g/mol. The molecular formula is C44H50FN11O4. The van der Waals surface area contributed by atoms with Crippen LogP contribution in [0.3, 0.4) is 0 Å². The van der Waals surface area contributed by atoms with E-state index >= 15 is 4.39 Å². The Morgan fingerprint density at radius 2 is 1.68 bits per heavy atom. The molecule has 3 saturated heterocycles. The summed E-state index contributed by atoms with van der Waals surface area (Å²) in [6.07, 6.45) is 9.47. The summed E-state index contributed by atoms with van der Waals surface area (Å²) in [4.78, 5) is 58.2. The second kappa shape index (κ2) is 16.5. The zero-order valence-electron chi connectivity index (χ0n) is 33.7. The minimum atomic E-state index is -1.12. The number of anilines is 5. The lowest BCUT2D eigenvalue weighted by molar-refractivity contribution is -0.133. The number of hydrogen-bond donors (Lipinski definition) is 4. The third-order valence-electron chi connectivity index (χ3n) is 12.3. The summed E-state index contributed by atoms with van der Waals surface area (Å²) in [7, 11) is 0. The van der Waals surface area contributed by atoms with E-state index in [-0.39, 0.29) is 29.6 Å². The summed E-state index contributed by atoms with van der Waals surface area (Å²) in [5.41, 5.74) is 2.70. The van der Waals surface area contributed by atoms with Crippen molar-refractivity contribution in [2.75, 3.05) is 66.2 Å². The van der Waals surface area contributed by atoms with E-state index in [1.165, 1.54) is 6.07 Å². The maximum Gasteiger partial charge on any atom is 0.278 e. The molecule has 5 aromatic rings. The molecule has 4 aliphatic heterocycles. The fourth-order valence-corrected chi connectivity index (χ4v) is 8.79. The van der Waals surface area contributed by atoms with Crippen LogP contribution in [0.2, 0.25) is 0 Å². The predicted octanol–water partition coefficient (Wildman–Crippen LogP) is 4.67. The molecular weight excluding hydrogens is 766 g/mol. The molecule has 3 fully saturated rings. The van der Waals surface area contributed by atoms with Gasteiger partial charge in [-0.2, -0.15) is 4.98 Å². The number of pyridine rings is 1. The first-order valence-electron chi connectivity index (χ1n) is 20.9. The second-order valence-corrected chi connectivity index (χ2v) is 16.5. The number of carbonyl (C=O) groups is 2. The lowest BCUT2D eigenvalue weighted by Crippen LogP contribution is -2.49. The van der Waals surface area contributed by atoms with E-state index in [9.17, 15) is 19.5 Å². The van der Waals surface area contributed by atoms with E-state index < -0.39 is 11.6 Å². The molecule has 2 aromatic carbocycles. The number of allylic oxidation sites excluding steroid dienone is 2. The largest absolute Gasteiger partial charge is 0.384 e. The van der Waals surface area contributed by atoms with E-state index in [1.807, 2.05) is 36.4 Å². The summed E-state index contributed by atoms with van der Waals surface area (Å²) in [5.74, 6) is 0.466. The van der Waals surface area contributed by atoms with Crippen molar-refractivity contribution in [2.24, 2.45) is 5.92 Å². The Hall–Kier alpha value is -6.13. The van der Waals surface area contributed by atoms with Crippen LogP contribution in [0.15, 0.2) is 83.8 Å². The second-order valence-electron chi connectivity index (χ2n) is 16.5. The van der Waals surface area contributed by atoms with Gasteiger partial charge in [0.25, 0.3) is 5.56 Å². The Balaban J connectivity index is 0.782. The van der Waals surface area contributed by atoms with Gasteiger partial charge in [0.2, 0.25) is 17.8 Å². The van der Waals surface area contributed by atoms with Crippen molar-refractivity contribution in [3.05, 3.63) is 101 Å². The van der Waals surface area contributed by atoms with Crippen molar-refractivity contribution >= 4 is 51.5 Å². The number of benzene rings is 2. The molecule has 4 N–H and O–H groups in total. The number of aliphatic hydroxyl groups is 1. The number of amides is 2. The van der Waals surface area contributed by atoms with Gasteiger partial charge in [0.05, 0.1) is 17.9 Å². The van der Waals surface area contributed by atoms with Gasteiger partial charge in [0.15, 0.2) is 11.5 Å². The Bertz CT molecular complexity index is 2480. The summed E-state index contributed by atoms with van der Waals surface area (Å²) in [6.45, 7) is 8.29. The molecule has 4 aliphatic rings. The van der Waals surface area contributed by atoms with Crippen molar-refractivity contribution in [3.63, 3.8) is 0 Å². The highest BCUT2D eigenvalue weighted by Gasteiger charge is 2.29. The molecule has 2 amide bonds. The minimum absolute atomic E-state index is 0.214.